The van der Waals surface area contributed by atoms with Crippen molar-refractivity contribution < 1.29 is 0 Å². The first-order chi connectivity index (χ1) is 10.9. The molecule has 1 fully saturated rings. The minimum absolute atomic E-state index is 0.128. The van der Waals surface area contributed by atoms with Gasteiger partial charge in [-0.05, 0) is 29.5 Å². The summed E-state index contributed by atoms with van der Waals surface area (Å²) in [6, 6.07) is 11.6. The summed E-state index contributed by atoms with van der Waals surface area (Å²) in [6.07, 6.45) is 1.14. The largest absolute Gasteiger partial charge is 0.298 e. The van der Waals surface area contributed by atoms with Gasteiger partial charge < -0.3 is 0 Å². The van der Waals surface area contributed by atoms with Crippen LogP contribution in [0.4, 0.5) is 0 Å². The molecule has 1 aliphatic rings. The molecule has 1 heterocycles. The van der Waals surface area contributed by atoms with E-state index in [1.807, 2.05) is 0 Å². The van der Waals surface area contributed by atoms with Crippen LogP contribution in [0.3, 0.4) is 0 Å². The number of nitriles is 1. The lowest BCUT2D eigenvalue weighted by Gasteiger charge is -2.42. The molecule has 1 aromatic rings. The highest BCUT2D eigenvalue weighted by molar-refractivity contribution is 5.31. The molecular formula is C20H31N3. The summed E-state index contributed by atoms with van der Waals surface area (Å²) in [7, 11) is 0. The molecule has 1 aromatic carbocycles. The molecule has 2 rings (SSSR count). The molecule has 0 saturated carbocycles. The first-order valence-corrected chi connectivity index (χ1v) is 8.88. The lowest BCUT2D eigenvalue weighted by atomic mass is 9.86. The van der Waals surface area contributed by atoms with E-state index in [9.17, 15) is 5.26 Å². The maximum atomic E-state index is 9.74. The van der Waals surface area contributed by atoms with Crippen LogP contribution in [0.5, 0.6) is 0 Å². The second-order valence-electron chi connectivity index (χ2n) is 7.59. The van der Waals surface area contributed by atoms with E-state index in [0.29, 0.717) is 6.04 Å². The molecule has 0 N–H and O–H groups in total. The molecule has 1 saturated heterocycles. The lowest BCUT2D eigenvalue weighted by Crippen LogP contribution is -2.53. The molecule has 0 amide bonds. The molecule has 2 unspecified atom stereocenters. The van der Waals surface area contributed by atoms with Gasteiger partial charge in [0, 0.05) is 25.7 Å². The fourth-order valence-electron chi connectivity index (χ4n) is 3.49. The van der Waals surface area contributed by atoms with Crippen molar-refractivity contribution in [1.29, 1.82) is 5.26 Å². The van der Waals surface area contributed by atoms with Crippen molar-refractivity contribution in [2.45, 2.75) is 58.5 Å². The fourth-order valence-corrected chi connectivity index (χ4v) is 3.49. The number of hydrogen-bond acceptors (Lipinski definition) is 3. The summed E-state index contributed by atoms with van der Waals surface area (Å²) in [5, 5.41) is 9.74. The van der Waals surface area contributed by atoms with Crippen LogP contribution in [-0.4, -0.2) is 42.0 Å². The van der Waals surface area contributed by atoms with Gasteiger partial charge in [0.25, 0.3) is 0 Å². The van der Waals surface area contributed by atoms with E-state index in [2.05, 4.69) is 74.8 Å². The fraction of sp³-hybridized carbons (Fsp3) is 0.650. The Morgan fingerprint density at radius 1 is 1.17 bits per heavy atom. The lowest BCUT2D eigenvalue weighted by molar-refractivity contribution is 0.0623. The molecule has 3 nitrogen and oxygen atoms in total. The Labute approximate surface area is 141 Å². The third kappa shape index (κ3) is 4.13. The van der Waals surface area contributed by atoms with E-state index in [0.717, 1.165) is 38.2 Å². The number of piperazine rings is 1. The smallest absolute Gasteiger partial charge is 0.123 e. The van der Waals surface area contributed by atoms with Gasteiger partial charge in [-0.15, -0.1) is 0 Å². The van der Waals surface area contributed by atoms with Crippen LogP contribution in [0.25, 0.3) is 0 Å². The van der Waals surface area contributed by atoms with Gasteiger partial charge in [0.15, 0.2) is 0 Å². The van der Waals surface area contributed by atoms with E-state index >= 15 is 0 Å². The van der Waals surface area contributed by atoms with Gasteiger partial charge in [-0.2, -0.15) is 5.26 Å². The Hall–Kier alpha value is -1.37. The van der Waals surface area contributed by atoms with Gasteiger partial charge in [0.1, 0.15) is 6.04 Å². The normalized spacial score (nSPS) is 21.8. The predicted octanol–water partition coefficient (Wildman–Crippen LogP) is 3.96. The molecule has 2 atom stereocenters. The monoisotopic (exact) mass is 313 g/mol. The Morgan fingerprint density at radius 2 is 1.83 bits per heavy atom. The highest BCUT2D eigenvalue weighted by Crippen LogP contribution is 2.27. The third-order valence-electron chi connectivity index (χ3n) is 5.09. The quantitative estimate of drug-likeness (QED) is 0.842. The van der Waals surface area contributed by atoms with E-state index in [4.69, 9.17) is 0 Å². The number of likely N-dealkylation sites (N-methyl/N-ethyl adjacent to an activating group) is 1. The molecule has 0 radical (unpaired) electrons. The Kier molecular flexibility index (Phi) is 5.84. The first-order valence-electron chi connectivity index (χ1n) is 8.88. The standard InChI is InChI=1S/C20H31N3/c1-6-18-15-23(13-12-22(18)7-2)19(14-21)16-8-10-17(11-9-16)20(3,4)5/h8-11,18-19H,6-7,12-13,15H2,1-5H3. The van der Waals surface area contributed by atoms with Crippen molar-refractivity contribution in [2.75, 3.05) is 26.2 Å². The minimum atomic E-state index is -0.128. The van der Waals surface area contributed by atoms with Crippen LogP contribution < -0.4 is 0 Å². The maximum Gasteiger partial charge on any atom is 0.123 e. The average molecular weight is 313 g/mol. The van der Waals surface area contributed by atoms with Crippen LogP contribution in [0.1, 0.15) is 58.2 Å². The summed E-state index contributed by atoms with van der Waals surface area (Å²) in [4.78, 5) is 4.89. The van der Waals surface area contributed by atoms with Crippen LogP contribution in [-0.2, 0) is 5.41 Å². The topological polar surface area (TPSA) is 30.3 Å². The molecular weight excluding hydrogens is 282 g/mol. The van der Waals surface area contributed by atoms with Crippen molar-refractivity contribution in [1.82, 2.24) is 9.80 Å². The van der Waals surface area contributed by atoms with Crippen LogP contribution >= 0.6 is 0 Å². The number of rotatable bonds is 4. The summed E-state index contributed by atoms with van der Waals surface area (Å²) in [5.41, 5.74) is 2.60. The molecule has 126 valence electrons. The van der Waals surface area contributed by atoms with Crippen molar-refractivity contribution in [3.8, 4) is 6.07 Å². The second kappa shape index (κ2) is 7.47. The zero-order valence-corrected chi connectivity index (χ0v) is 15.3. The number of nitrogens with zero attached hydrogens (tertiary/aromatic N) is 3. The third-order valence-corrected chi connectivity index (χ3v) is 5.09. The van der Waals surface area contributed by atoms with E-state index in [1.165, 1.54) is 5.56 Å². The van der Waals surface area contributed by atoms with Crippen molar-refractivity contribution >= 4 is 0 Å². The zero-order valence-electron chi connectivity index (χ0n) is 15.3. The summed E-state index contributed by atoms with van der Waals surface area (Å²) >= 11 is 0. The van der Waals surface area contributed by atoms with Crippen LogP contribution in [0, 0.1) is 11.3 Å². The number of hydrogen-bond donors (Lipinski definition) is 0. The molecule has 0 aromatic heterocycles. The van der Waals surface area contributed by atoms with E-state index in [1.54, 1.807) is 0 Å². The molecule has 23 heavy (non-hydrogen) atoms. The Bertz CT molecular complexity index is 535. The van der Waals surface area contributed by atoms with Crippen LogP contribution in [0.2, 0.25) is 0 Å². The minimum Gasteiger partial charge on any atom is -0.298 e. The average Bonchev–Trinajstić information content (AvgIpc) is 2.55. The Balaban J connectivity index is 2.15. The second-order valence-corrected chi connectivity index (χ2v) is 7.59. The summed E-state index contributed by atoms with van der Waals surface area (Å²) in [6.45, 7) is 15.3. The maximum absolute atomic E-state index is 9.74. The molecule has 0 bridgehead atoms. The summed E-state index contributed by atoms with van der Waals surface area (Å²) in [5.74, 6) is 0. The van der Waals surface area contributed by atoms with Gasteiger partial charge >= 0.3 is 0 Å². The highest BCUT2D eigenvalue weighted by atomic mass is 15.3. The SMILES string of the molecule is CCC1CN(C(C#N)c2ccc(C(C)(C)C)cc2)CCN1CC. The Morgan fingerprint density at radius 3 is 2.30 bits per heavy atom. The number of benzene rings is 1. The zero-order chi connectivity index (χ0) is 17.0. The highest BCUT2D eigenvalue weighted by Gasteiger charge is 2.30. The van der Waals surface area contributed by atoms with Gasteiger partial charge in [0.2, 0.25) is 0 Å². The van der Waals surface area contributed by atoms with E-state index in [-0.39, 0.29) is 11.5 Å². The predicted molar refractivity (Wildman–Crippen MR) is 96.4 cm³/mol. The molecule has 3 heteroatoms. The molecule has 0 aliphatic carbocycles. The van der Waals surface area contributed by atoms with Gasteiger partial charge in [-0.3, -0.25) is 9.80 Å². The first kappa shape index (κ1) is 18.0. The molecule has 1 aliphatic heterocycles. The van der Waals surface area contributed by atoms with Crippen molar-refractivity contribution in [3.63, 3.8) is 0 Å². The van der Waals surface area contributed by atoms with Gasteiger partial charge in [-0.1, -0.05) is 58.9 Å². The van der Waals surface area contributed by atoms with E-state index < -0.39 is 0 Å². The van der Waals surface area contributed by atoms with Gasteiger partial charge in [0.05, 0.1) is 6.07 Å². The van der Waals surface area contributed by atoms with Crippen molar-refractivity contribution in [2.24, 2.45) is 0 Å². The van der Waals surface area contributed by atoms with Crippen LogP contribution in [0.15, 0.2) is 24.3 Å². The van der Waals surface area contributed by atoms with Crippen molar-refractivity contribution in [3.05, 3.63) is 35.4 Å². The molecule has 0 spiro atoms. The van der Waals surface area contributed by atoms with Gasteiger partial charge in [-0.25, -0.2) is 0 Å². The summed E-state index contributed by atoms with van der Waals surface area (Å²) < 4.78 is 0.